The first kappa shape index (κ1) is 17.4. The van der Waals surface area contributed by atoms with E-state index in [9.17, 15) is 4.79 Å². The molecule has 1 heterocycles. The van der Waals surface area contributed by atoms with Crippen LogP contribution in [-0.4, -0.2) is 51.5 Å². The number of urea groups is 1. The lowest BCUT2D eigenvalue weighted by Gasteiger charge is -2.27. The molecule has 0 aromatic heterocycles. The number of carbonyl (C=O) groups excluding carboxylic acids is 1. The van der Waals surface area contributed by atoms with Crippen molar-refractivity contribution in [2.45, 2.75) is 25.8 Å². The summed E-state index contributed by atoms with van der Waals surface area (Å²) in [5.41, 5.74) is 0.990. The topological polar surface area (TPSA) is 60.0 Å². The van der Waals surface area contributed by atoms with E-state index in [0.717, 1.165) is 36.4 Å². The summed E-state index contributed by atoms with van der Waals surface area (Å²) in [6.07, 6.45) is 1.90. The van der Waals surface area contributed by atoms with Gasteiger partial charge in [0.2, 0.25) is 0 Å². The van der Waals surface area contributed by atoms with E-state index in [4.69, 9.17) is 14.2 Å². The minimum absolute atomic E-state index is 0.00661. The molecule has 1 aromatic rings. The second-order valence-electron chi connectivity index (χ2n) is 5.39. The lowest BCUT2D eigenvalue weighted by molar-refractivity contribution is 0.144. The Bertz CT molecular complexity index is 521. The Hall–Kier alpha value is -1.95. The third-order valence-corrected chi connectivity index (χ3v) is 4.04. The van der Waals surface area contributed by atoms with Crippen molar-refractivity contribution >= 4 is 6.03 Å². The van der Waals surface area contributed by atoms with Gasteiger partial charge in [-0.3, -0.25) is 0 Å². The first-order valence-corrected chi connectivity index (χ1v) is 8.05. The summed E-state index contributed by atoms with van der Waals surface area (Å²) in [4.78, 5) is 14.3. The number of rotatable bonds is 7. The van der Waals surface area contributed by atoms with Crippen molar-refractivity contribution < 1.29 is 19.0 Å². The number of carbonyl (C=O) groups is 1. The first-order chi connectivity index (χ1) is 11.2. The van der Waals surface area contributed by atoms with Crippen molar-refractivity contribution in [2.75, 3.05) is 40.5 Å². The number of nitrogens with one attached hydrogen (secondary N) is 1. The van der Waals surface area contributed by atoms with Crippen molar-refractivity contribution in [1.82, 2.24) is 10.2 Å². The van der Waals surface area contributed by atoms with Crippen LogP contribution in [-0.2, 0) is 4.74 Å². The lowest BCUT2D eigenvalue weighted by atomic mass is 10.0. The zero-order valence-corrected chi connectivity index (χ0v) is 14.1. The highest BCUT2D eigenvalue weighted by Gasteiger charge is 2.32. The Labute approximate surface area is 137 Å². The van der Waals surface area contributed by atoms with Crippen molar-refractivity contribution in [3.8, 4) is 11.5 Å². The van der Waals surface area contributed by atoms with Crippen LogP contribution < -0.4 is 14.8 Å². The van der Waals surface area contributed by atoms with Crippen LogP contribution in [0.4, 0.5) is 4.79 Å². The van der Waals surface area contributed by atoms with Gasteiger partial charge in [-0.1, -0.05) is 0 Å². The third-order valence-electron chi connectivity index (χ3n) is 4.04. The van der Waals surface area contributed by atoms with Gasteiger partial charge >= 0.3 is 6.03 Å². The van der Waals surface area contributed by atoms with Crippen LogP contribution in [0.1, 0.15) is 31.4 Å². The van der Waals surface area contributed by atoms with Crippen molar-refractivity contribution in [3.05, 3.63) is 23.8 Å². The Kier molecular flexibility index (Phi) is 6.52. The molecule has 1 aromatic carbocycles. The quantitative estimate of drug-likeness (QED) is 0.784. The Morgan fingerprint density at radius 3 is 2.87 bits per heavy atom. The predicted molar refractivity (Wildman–Crippen MR) is 88.1 cm³/mol. The summed E-state index contributed by atoms with van der Waals surface area (Å²) in [5, 5.41) is 2.92. The number of hydrogen-bond donors (Lipinski definition) is 1. The maximum absolute atomic E-state index is 12.4. The van der Waals surface area contributed by atoms with Crippen LogP contribution in [0.25, 0.3) is 0 Å². The monoisotopic (exact) mass is 322 g/mol. The van der Waals surface area contributed by atoms with Gasteiger partial charge in [-0.05, 0) is 38.0 Å². The third kappa shape index (κ3) is 4.28. The number of nitrogens with zero attached hydrogens (tertiary/aromatic N) is 1. The van der Waals surface area contributed by atoms with Crippen LogP contribution in [0.15, 0.2) is 18.2 Å². The van der Waals surface area contributed by atoms with E-state index in [-0.39, 0.29) is 12.1 Å². The average Bonchev–Trinajstić information content (AvgIpc) is 3.07. The van der Waals surface area contributed by atoms with Crippen LogP contribution in [0, 0.1) is 0 Å². The molecule has 0 aliphatic carbocycles. The first-order valence-electron chi connectivity index (χ1n) is 8.05. The summed E-state index contributed by atoms with van der Waals surface area (Å²) >= 11 is 0. The van der Waals surface area contributed by atoms with Gasteiger partial charge in [0.1, 0.15) is 11.5 Å². The van der Waals surface area contributed by atoms with E-state index in [1.54, 1.807) is 14.2 Å². The summed E-state index contributed by atoms with van der Waals surface area (Å²) < 4.78 is 16.0. The lowest BCUT2D eigenvalue weighted by Crippen LogP contribution is -2.40. The molecule has 2 rings (SSSR count). The molecule has 1 atom stereocenters. The highest BCUT2D eigenvalue weighted by Crippen LogP contribution is 2.38. The van der Waals surface area contributed by atoms with Crippen LogP contribution in [0.3, 0.4) is 0 Å². The smallest absolute Gasteiger partial charge is 0.317 e. The molecule has 1 N–H and O–H groups in total. The standard InChI is InChI=1S/C17H26N2O4/c1-4-23-11-9-18-17(20)19-10-5-6-15(19)14-12-13(21-2)7-8-16(14)22-3/h7-8,12,15H,4-6,9-11H2,1-3H3,(H,18,20). The van der Waals surface area contributed by atoms with Gasteiger partial charge in [0.05, 0.1) is 26.9 Å². The van der Waals surface area contributed by atoms with Gasteiger partial charge in [-0.25, -0.2) is 4.79 Å². The van der Waals surface area contributed by atoms with Gasteiger partial charge in [-0.2, -0.15) is 0 Å². The summed E-state index contributed by atoms with van der Waals surface area (Å²) in [7, 11) is 3.28. The zero-order valence-electron chi connectivity index (χ0n) is 14.1. The highest BCUT2D eigenvalue weighted by molar-refractivity contribution is 5.75. The molecule has 1 fully saturated rings. The molecule has 6 heteroatoms. The number of ether oxygens (including phenoxy) is 3. The maximum Gasteiger partial charge on any atom is 0.317 e. The van der Waals surface area contributed by atoms with Gasteiger partial charge < -0.3 is 24.4 Å². The maximum atomic E-state index is 12.4. The number of hydrogen-bond acceptors (Lipinski definition) is 4. The number of methoxy groups -OCH3 is 2. The summed E-state index contributed by atoms with van der Waals surface area (Å²) in [6.45, 7) is 4.39. The molecule has 1 unspecified atom stereocenters. The Morgan fingerprint density at radius 2 is 2.17 bits per heavy atom. The van der Waals surface area contributed by atoms with E-state index in [1.807, 2.05) is 30.0 Å². The number of benzene rings is 1. The van der Waals surface area contributed by atoms with Gasteiger partial charge in [-0.15, -0.1) is 0 Å². The molecular formula is C17H26N2O4. The normalized spacial score (nSPS) is 17.2. The summed E-state index contributed by atoms with van der Waals surface area (Å²) in [5.74, 6) is 1.55. The molecule has 0 radical (unpaired) electrons. The molecule has 2 amide bonds. The highest BCUT2D eigenvalue weighted by atomic mass is 16.5. The second-order valence-corrected chi connectivity index (χ2v) is 5.39. The molecule has 128 valence electrons. The second kappa shape index (κ2) is 8.62. The fourth-order valence-corrected chi connectivity index (χ4v) is 2.91. The number of amides is 2. The summed E-state index contributed by atoms with van der Waals surface area (Å²) in [6, 6.07) is 5.65. The van der Waals surface area contributed by atoms with Gasteiger partial charge in [0, 0.05) is 25.3 Å². The van der Waals surface area contributed by atoms with Gasteiger partial charge in [0.15, 0.2) is 0 Å². The molecule has 0 spiro atoms. The predicted octanol–water partition coefficient (Wildman–Crippen LogP) is 2.59. The Morgan fingerprint density at radius 1 is 1.35 bits per heavy atom. The van der Waals surface area contributed by atoms with Gasteiger partial charge in [0.25, 0.3) is 0 Å². The van der Waals surface area contributed by atoms with Crippen LogP contribution >= 0.6 is 0 Å². The van der Waals surface area contributed by atoms with E-state index < -0.39 is 0 Å². The Balaban J connectivity index is 2.10. The van der Waals surface area contributed by atoms with Crippen molar-refractivity contribution in [1.29, 1.82) is 0 Å². The largest absolute Gasteiger partial charge is 0.497 e. The molecule has 0 saturated carbocycles. The van der Waals surface area contributed by atoms with Crippen LogP contribution in [0.2, 0.25) is 0 Å². The van der Waals surface area contributed by atoms with E-state index in [2.05, 4.69) is 5.32 Å². The SMILES string of the molecule is CCOCCNC(=O)N1CCCC1c1cc(OC)ccc1OC. The average molecular weight is 322 g/mol. The molecule has 1 saturated heterocycles. The molecular weight excluding hydrogens is 296 g/mol. The minimum atomic E-state index is -0.0583. The van der Waals surface area contributed by atoms with Crippen molar-refractivity contribution in [3.63, 3.8) is 0 Å². The fraction of sp³-hybridized carbons (Fsp3) is 0.588. The molecule has 1 aliphatic rings. The minimum Gasteiger partial charge on any atom is -0.497 e. The number of likely N-dealkylation sites (tertiary alicyclic amines) is 1. The van der Waals surface area contributed by atoms with Crippen molar-refractivity contribution in [2.24, 2.45) is 0 Å². The van der Waals surface area contributed by atoms with E-state index in [0.29, 0.717) is 19.8 Å². The zero-order chi connectivity index (χ0) is 16.7. The molecule has 0 bridgehead atoms. The van der Waals surface area contributed by atoms with Crippen LogP contribution in [0.5, 0.6) is 11.5 Å². The molecule has 23 heavy (non-hydrogen) atoms. The van der Waals surface area contributed by atoms with E-state index >= 15 is 0 Å². The molecule has 1 aliphatic heterocycles. The van der Waals surface area contributed by atoms with E-state index in [1.165, 1.54) is 0 Å². The molecule has 6 nitrogen and oxygen atoms in total. The fourth-order valence-electron chi connectivity index (χ4n) is 2.91.